The van der Waals surface area contributed by atoms with Crippen molar-refractivity contribution in [1.82, 2.24) is 39.4 Å². The molecule has 0 radical (unpaired) electrons. The summed E-state index contributed by atoms with van der Waals surface area (Å²) in [4.78, 5) is 73.1. The number of nitrogens with one attached hydrogen (secondary N) is 2. The summed E-state index contributed by atoms with van der Waals surface area (Å²) >= 11 is 0. The molecule has 3 N–H and O–H groups in total. The third kappa shape index (κ3) is 7.64. The molecule has 2 aromatic carbocycles. The number of hydrogen-bond donors (Lipinski definition) is 3. The van der Waals surface area contributed by atoms with E-state index in [1.165, 1.54) is 10.7 Å². The summed E-state index contributed by atoms with van der Waals surface area (Å²) in [6.45, 7) is 8.17. The first-order chi connectivity index (χ1) is 30.8. The second-order valence-electron chi connectivity index (χ2n) is 18.5. The molecular weight excluding hydrogens is 815 g/mol. The Morgan fingerprint density at radius 2 is 1.70 bits per heavy atom. The number of hydrogen-bond acceptors (Lipinski definition) is 11. The number of aromatic nitrogens is 4. The van der Waals surface area contributed by atoms with Gasteiger partial charge in [-0.25, -0.2) is 4.52 Å². The summed E-state index contributed by atoms with van der Waals surface area (Å²) in [7, 11) is 0. The Labute approximate surface area is 369 Å². The average molecular weight is 866 g/mol. The Bertz CT molecular complexity index is 2770. The van der Waals surface area contributed by atoms with Gasteiger partial charge >= 0.3 is 0 Å². The number of piperazine rings is 1. The number of anilines is 2. The van der Waals surface area contributed by atoms with Crippen LogP contribution in [0.2, 0.25) is 0 Å². The molecule has 4 aliphatic heterocycles. The van der Waals surface area contributed by atoms with Crippen molar-refractivity contribution in [1.29, 1.82) is 5.26 Å². The van der Waals surface area contributed by atoms with Gasteiger partial charge in [0.15, 0.2) is 0 Å². The molecule has 64 heavy (non-hydrogen) atoms. The van der Waals surface area contributed by atoms with Gasteiger partial charge in [-0.15, -0.1) is 0 Å². The molecule has 1 unspecified atom stereocenters. The first kappa shape index (κ1) is 41.4. The highest BCUT2D eigenvalue weighted by Gasteiger charge is 2.40. The highest BCUT2D eigenvalue weighted by molar-refractivity contribution is 6.06. The summed E-state index contributed by atoms with van der Waals surface area (Å²) in [6, 6.07) is 16.6. The molecule has 17 heteroatoms. The lowest BCUT2D eigenvalue weighted by molar-refractivity contribution is -0.138. The van der Waals surface area contributed by atoms with Crippen LogP contribution in [0.4, 0.5) is 11.4 Å². The number of carbonyl (C=O) groups is 5. The fourth-order valence-electron chi connectivity index (χ4n) is 10.5. The van der Waals surface area contributed by atoms with Crippen molar-refractivity contribution in [2.45, 2.75) is 89.1 Å². The second-order valence-corrected chi connectivity index (χ2v) is 18.5. The lowest BCUT2D eigenvalue weighted by Crippen LogP contribution is -2.53. The zero-order valence-electron chi connectivity index (χ0n) is 36.0. The number of benzene rings is 2. The van der Waals surface area contributed by atoms with Gasteiger partial charge in [0.2, 0.25) is 17.7 Å². The van der Waals surface area contributed by atoms with Crippen LogP contribution in [0.25, 0.3) is 16.4 Å². The largest absolute Gasteiger partial charge is 0.386 e. The number of piperidine rings is 1. The standard InChI is InChI=1S/C47H51N11O6/c1-47(2,64)37-22-38-31(21-39(37)50-44(61)41-10-8-35-19-28(23-48)24-49-58(35)41)27-57(52-38)33-5-3-32(4-6-33)53-15-17-54(18-16-53)45(62)29-13-14-55(25-29)34-7-9-36-30(20-34)26-56(46(36)63)40-11-12-42(59)51-43(40)60/h7-10,19-22,24,27,29,32-33,40,64H,3-6,11-18,25-26H2,1-2H3,(H,50,61)(H,51,59,60)/t29-,32?,33?,40?/m1/s1. The Balaban J connectivity index is 0.723. The molecule has 0 bridgehead atoms. The highest BCUT2D eigenvalue weighted by Crippen LogP contribution is 2.37. The number of carbonyl (C=O) groups excluding carboxylic acids is 5. The van der Waals surface area contributed by atoms with Gasteiger partial charge in [0, 0.05) is 92.4 Å². The molecular formula is C47H51N11O6. The Morgan fingerprint density at radius 1 is 0.922 bits per heavy atom. The maximum atomic E-state index is 13.8. The number of aliphatic hydroxyl groups is 1. The van der Waals surface area contributed by atoms with Gasteiger partial charge in [-0.2, -0.15) is 15.5 Å². The van der Waals surface area contributed by atoms with E-state index >= 15 is 0 Å². The van der Waals surface area contributed by atoms with Crippen LogP contribution in [0, 0.1) is 17.2 Å². The minimum Gasteiger partial charge on any atom is -0.386 e. The van der Waals surface area contributed by atoms with E-state index in [0.29, 0.717) is 72.2 Å². The van der Waals surface area contributed by atoms with E-state index in [4.69, 9.17) is 5.10 Å². The molecule has 5 aliphatic rings. The number of amides is 5. The third-order valence-electron chi connectivity index (χ3n) is 14.0. The number of imide groups is 1. The predicted molar refractivity (Wildman–Crippen MR) is 235 cm³/mol. The molecule has 2 atom stereocenters. The van der Waals surface area contributed by atoms with Crippen LogP contribution in [-0.4, -0.2) is 120 Å². The average Bonchev–Trinajstić information content (AvgIpc) is 4.11. The van der Waals surface area contributed by atoms with E-state index in [-0.39, 0.29) is 36.1 Å². The van der Waals surface area contributed by atoms with Gasteiger partial charge in [-0.05, 0) is 106 Å². The molecule has 330 valence electrons. The molecule has 17 nitrogen and oxygen atoms in total. The first-order valence-corrected chi connectivity index (χ1v) is 22.3. The summed E-state index contributed by atoms with van der Waals surface area (Å²) in [5.41, 5.74) is 4.27. The fourth-order valence-corrected chi connectivity index (χ4v) is 10.5. The zero-order valence-corrected chi connectivity index (χ0v) is 36.0. The number of nitriles is 1. The summed E-state index contributed by atoms with van der Waals surface area (Å²) in [5, 5.41) is 35.9. The van der Waals surface area contributed by atoms with E-state index < -0.39 is 23.5 Å². The minimum absolute atomic E-state index is 0.0925. The molecule has 1 aliphatic carbocycles. The SMILES string of the molecule is CC(C)(O)c1cc2nn(C3CCC(N4CCN(C(=O)[C@@H]5CCN(c6ccc7c(c6)CN(C6CCC(=O)NC6=O)C7=O)C5)CC4)CC3)cc2cc1NC(=O)c1ccc2cc(C#N)cnn12. The maximum absolute atomic E-state index is 13.8. The van der Waals surface area contributed by atoms with Gasteiger partial charge in [-0.3, -0.25) is 38.9 Å². The number of nitrogens with zero attached hydrogens (tertiary/aromatic N) is 9. The maximum Gasteiger partial charge on any atom is 0.274 e. The van der Waals surface area contributed by atoms with Crippen molar-refractivity contribution >= 4 is 57.3 Å². The number of rotatable bonds is 8. The van der Waals surface area contributed by atoms with Crippen LogP contribution in [0.3, 0.4) is 0 Å². The van der Waals surface area contributed by atoms with Gasteiger partial charge in [-0.1, -0.05) is 0 Å². The molecule has 4 fully saturated rings. The molecule has 7 heterocycles. The molecule has 0 spiro atoms. The topological polar surface area (TPSA) is 202 Å². The van der Waals surface area contributed by atoms with Crippen LogP contribution < -0.4 is 15.5 Å². The summed E-state index contributed by atoms with van der Waals surface area (Å²) < 4.78 is 3.53. The van der Waals surface area contributed by atoms with Crippen LogP contribution in [0.1, 0.15) is 102 Å². The predicted octanol–water partition coefficient (Wildman–Crippen LogP) is 3.95. The molecule has 10 rings (SSSR count). The van der Waals surface area contributed by atoms with E-state index in [1.807, 2.05) is 46.1 Å². The van der Waals surface area contributed by atoms with Gasteiger partial charge < -0.3 is 25.1 Å². The molecule has 5 aromatic rings. The lowest BCUT2D eigenvalue weighted by Gasteiger charge is -2.42. The second kappa shape index (κ2) is 16.2. The van der Waals surface area contributed by atoms with Crippen molar-refractivity contribution in [3.05, 3.63) is 88.9 Å². The smallest absolute Gasteiger partial charge is 0.274 e. The van der Waals surface area contributed by atoms with Crippen molar-refractivity contribution in [3.63, 3.8) is 0 Å². The van der Waals surface area contributed by atoms with E-state index in [1.54, 1.807) is 36.9 Å². The summed E-state index contributed by atoms with van der Waals surface area (Å²) in [6.07, 6.45) is 8.73. The molecule has 3 aromatic heterocycles. The van der Waals surface area contributed by atoms with Gasteiger partial charge in [0.25, 0.3) is 11.8 Å². The van der Waals surface area contributed by atoms with Crippen LogP contribution in [-0.2, 0) is 26.5 Å². The summed E-state index contributed by atoms with van der Waals surface area (Å²) in [5.74, 6) is -1.19. The molecule has 5 amide bonds. The van der Waals surface area contributed by atoms with Crippen molar-refractivity contribution < 1.29 is 29.1 Å². The zero-order chi connectivity index (χ0) is 44.4. The normalized spacial score (nSPS) is 23.2. The van der Waals surface area contributed by atoms with E-state index in [9.17, 15) is 34.3 Å². The van der Waals surface area contributed by atoms with Crippen molar-refractivity contribution in [2.24, 2.45) is 5.92 Å². The fraction of sp³-hybridized carbons (Fsp3) is 0.447. The Morgan fingerprint density at radius 3 is 2.45 bits per heavy atom. The molecule has 3 saturated heterocycles. The van der Waals surface area contributed by atoms with Crippen molar-refractivity contribution in [2.75, 3.05) is 49.5 Å². The van der Waals surface area contributed by atoms with Crippen molar-refractivity contribution in [3.8, 4) is 6.07 Å². The number of fused-ring (bicyclic) bond motifs is 3. The Hall–Kier alpha value is -6.64. The van der Waals surface area contributed by atoms with Crippen LogP contribution in [0.15, 0.2) is 60.9 Å². The van der Waals surface area contributed by atoms with Gasteiger partial charge in [0.05, 0.1) is 40.4 Å². The van der Waals surface area contributed by atoms with Crippen LogP contribution in [0.5, 0.6) is 0 Å². The third-order valence-corrected chi connectivity index (χ3v) is 14.0. The minimum atomic E-state index is -1.26. The lowest BCUT2D eigenvalue weighted by atomic mass is 9.90. The Kier molecular flexibility index (Phi) is 10.5. The van der Waals surface area contributed by atoms with E-state index in [0.717, 1.165) is 73.9 Å². The highest BCUT2D eigenvalue weighted by atomic mass is 16.3. The quantitative estimate of drug-likeness (QED) is 0.191. The monoisotopic (exact) mass is 865 g/mol. The van der Waals surface area contributed by atoms with Gasteiger partial charge in [0.1, 0.15) is 17.8 Å². The van der Waals surface area contributed by atoms with Crippen LogP contribution >= 0.6 is 0 Å². The van der Waals surface area contributed by atoms with E-state index in [2.05, 4.69) is 31.6 Å². The molecule has 1 saturated carbocycles. The first-order valence-electron chi connectivity index (χ1n) is 22.3.